The number of aryl methyl sites for hydroxylation is 5. The lowest BCUT2D eigenvalue weighted by Crippen LogP contribution is -2.08. The first kappa shape index (κ1) is 15.9. The van der Waals surface area contributed by atoms with Crippen molar-refractivity contribution in [3.63, 3.8) is 0 Å². The maximum absolute atomic E-state index is 4.97. The molecule has 2 aromatic heterocycles. The first-order valence-electron chi connectivity index (χ1n) is 10.1. The minimum atomic E-state index is 1.06. The van der Waals surface area contributed by atoms with Crippen LogP contribution >= 0.6 is 0 Å². The van der Waals surface area contributed by atoms with Gasteiger partial charge in [0.25, 0.3) is 0 Å². The first-order valence-corrected chi connectivity index (χ1v) is 10.1. The first-order chi connectivity index (χ1) is 13.6. The molecule has 1 aliphatic rings. The third-order valence-corrected chi connectivity index (χ3v) is 6.44. The SMILES string of the molecule is Cc1cccc(C)c1-c1cc2c3c(c1)c1ccccc1c1nc(C)c(n13)CC2. The lowest BCUT2D eigenvalue weighted by molar-refractivity contribution is 0.866. The summed E-state index contributed by atoms with van der Waals surface area (Å²) in [6.45, 7) is 6.59. The van der Waals surface area contributed by atoms with Crippen molar-refractivity contribution in [3.8, 4) is 11.1 Å². The highest BCUT2D eigenvalue weighted by atomic mass is 15.0. The number of benzene rings is 3. The number of rotatable bonds is 1. The second kappa shape index (κ2) is 5.45. The molecule has 0 spiro atoms. The Kier molecular flexibility index (Phi) is 3.09. The summed E-state index contributed by atoms with van der Waals surface area (Å²) < 4.78 is 2.43. The summed E-state index contributed by atoms with van der Waals surface area (Å²) in [4.78, 5) is 4.97. The maximum Gasteiger partial charge on any atom is 0.145 e. The van der Waals surface area contributed by atoms with Gasteiger partial charge in [-0.25, -0.2) is 4.98 Å². The smallest absolute Gasteiger partial charge is 0.145 e. The Balaban J connectivity index is 1.86. The predicted molar refractivity (Wildman–Crippen MR) is 117 cm³/mol. The minimum absolute atomic E-state index is 1.06. The summed E-state index contributed by atoms with van der Waals surface area (Å²) in [6.07, 6.45) is 2.14. The van der Waals surface area contributed by atoms with Crippen molar-refractivity contribution < 1.29 is 0 Å². The monoisotopic (exact) mass is 362 g/mol. The van der Waals surface area contributed by atoms with Gasteiger partial charge < -0.3 is 0 Å². The minimum Gasteiger partial charge on any atom is -0.296 e. The Labute approximate surface area is 164 Å². The summed E-state index contributed by atoms with van der Waals surface area (Å²) >= 11 is 0. The number of hydrogen-bond acceptors (Lipinski definition) is 1. The second-order valence-electron chi connectivity index (χ2n) is 8.15. The molecule has 0 saturated heterocycles. The molecule has 0 saturated carbocycles. The van der Waals surface area contributed by atoms with Crippen LogP contribution in [-0.4, -0.2) is 9.38 Å². The topological polar surface area (TPSA) is 17.3 Å². The normalized spacial score (nSPS) is 13.2. The van der Waals surface area contributed by atoms with E-state index in [0.717, 1.165) is 18.5 Å². The fraction of sp³-hybridized carbons (Fsp3) is 0.192. The van der Waals surface area contributed by atoms with Gasteiger partial charge in [-0.3, -0.25) is 4.40 Å². The molecule has 0 atom stereocenters. The molecule has 0 amide bonds. The molecule has 0 aliphatic carbocycles. The van der Waals surface area contributed by atoms with Gasteiger partial charge in [-0.05, 0) is 78.9 Å². The predicted octanol–water partition coefficient (Wildman–Crippen LogP) is 6.33. The zero-order chi connectivity index (χ0) is 19.0. The Morgan fingerprint density at radius 3 is 2.32 bits per heavy atom. The van der Waals surface area contributed by atoms with E-state index in [9.17, 15) is 0 Å². The second-order valence-corrected chi connectivity index (χ2v) is 8.15. The van der Waals surface area contributed by atoms with E-state index >= 15 is 0 Å². The third kappa shape index (κ3) is 1.95. The van der Waals surface area contributed by atoms with Crippen molar-refractivity contribution in [3.05, 3.63) is 82.7 Å². The number of aromatic nitrogens is 2. The van der Waals surface area contributed by atoms with E-state index in [1.807, 2.05) is 0 Å². The fourth-order valence-corrected chi connectivity index (χ4v) is 5.21. The van der Waals surface area contributed by atoms with Gasteiger partial charge >= 0.3 is 0 Å². The van der Waals surface area contributed by atoms with E-state index in [2.05, 4.69) is 79.8 Å². The zero-order valence-electron chi connectivity index (χ0n) is 16.5. The van der Waals surface area contributed by atoms with Gasteiger partial charge in [0, 0.05) is 16.5 Å². The van der Waals surface area contributed by atoms with E-state index in [0.29, 0.717) is 0 Å². The van der Waals surface area contributed by atoms with E-state index < -0.39 is 0 Å². The summed E-state index contributed by atoms with van der Waals surface area (Å²) in [5.74, 6) is 0. The van der Waals surface area contributed by atoms with Gasteiger partial charge in [0.2, 0.25) is 0 Å². The molecule has 1 aliphatic heterocycles. The van der Waals surface area contributed by atoms with Crippen molar-refractivity contribution >= 4 is 27.3 Å². The average molecular weight is 362 g/mol. The number of pyridine rings is 1. The average Bonchev–Trinajstić information content (AvgIpc) is 3.04. The molecular weight excluding hydrogens is 340 g/mol. The van der Waals surface area contributed by atoms with Crippen LogP contribution in [0.2, 0.25) is 0 Å². The highest BCUT2D eigenvalue weighted by Gasteiger charge is 2.23. The molecular formula is C26H22N2. The Morgan fingerprint density at radius 2 is 1.54 bits per heavy atom. The van der Waals surface area contributed by atoms with E-state index in [-0.39, 0.29) is 0 Å². The van der Waals surface area contributed by atoms with Gasteiger partial charge in [0.1, 0.15) is 5.65 Å². The van der Waals surface area contributed by atoms with Crippen LogP contribution in [0.25, 0.3) is 38.4 Å². The van der Waals surface area contributed by atoms with Crippen LogP contribution in [-0.2, 0) is 12.8 Å². The van der Waals surface area contributed by atoms with Crippen molar-refractivity contribution in [2.24, 2.45) is 0 Å². The van der Waals surface area contributed by atoms with Crippen LogP contribution in [0, 0.1) is 20.8 Å². The van der Waals surface area contributed by atoms with Gasteiger partial charge in [0.05, 0.1) is 11.2 Å². The maximum atomic E-state index is 4.97. The molecule has 0 fully saturated rings. The highest BCUT2D eigenvalue weighted by molar-refractivity contribution is 6.14. The van der Waals surface area contributed by atoms with Crippen LogP contribution < -0.4 is 0 Å². The standard InChI is InChI=1S/C26H22N2/c1-15-7-6-8-16(2)24(15)19-13-18-11-12-23-17(3)27-26-21-10-5-4-9-20(21)22(14-19)25(18)28(23)26/h4-10,13-14H,11-12H2,1-3H3. The van der Waals surface area contributed by atoms with Crippen LogP contribution in [0.15, 0.2) is 54.6 Å². The van der Waals surface area contributed by atoms with Gasteiger partial charge in [-0.1, -0.05) is 42.5 Å². The molecule has 0 bridgehead atoms. The van der Waals surface area contributed by atoms with Crippen LogP contribution in [0.4, 0.5) is 0 Å². The highest BCUT2D eigenvalue weighted by Crippen LogP contribution is 2.39. The summed E-state index contributed by atoms with van der Waals surface area (Å²) in [7, 11) is 0. The molecule has 5 aromatic rings. The van der Waals surface area contributed by atoms with Crippen LogP contribution in [0.3, 0.4) is 0 Å². The van der Waals surface area contributed by atoms with E-state index in [1.165, 1.54) is 60.9 Å². The zero-order valence-corrected chi connectivity index (χ0v) is 16.5. The molecule has 6 rings (SSSR count). The summed E-state index contributed by atoms with van der Waals surface area (Å²) in [5.41, 5.74) is 11.8. The quantitative estimate of drug-likeness (QED) is 0.318. The number of fused-ring (bicyclic) bond motifs is 3. The van der Waals surface area contributed by atoms with Crippen molar-refractivity contribution in [1.82, 2.24) is 9.38 Å². The van der Waals surface area contributed by atoms with Crippen LogP contribution in [0.5, 0.6) is 0 Å². The molecule has 136 valence electrons. The molecule has 2 heteroatoms. The Morgan fingerprint density at radius 1 is 0.786 bits per heavy atom. The van der Waals surface area contributed by atoms with Crippen molar-refractivity contribution in [1.29, 1.82) is 0 Å². The third-order valence-electron chi connectivity index (χ3n) is 6.44. The fourth-order valence-electron chi connectivity index (χ4n) is 5.21. The Bertz CT molecular complexity index is 1420. The van der Waals surface area contributed by atoms with E-state index in [4.69, 9.17) is 4.98 Å². The van der Waals surface area contributed by atoms with Crippen LogP contribution in [0.1, 0.15) is 28.1 Å². The van der Waals surface area contributed by atoms with Gasteiger partial charge in [0.15, 0.2) is 0 Å². The number of hydrogen-bond donors (Lipinski definition) is 0. The Hall–Kier alpha value is -3.13. The molecule has 0 unspecified atom stereocenters. The number of nitrogens with zero attached hydrogens (tertiary/aromatic N) is 2. The van der Waals surface area contributed by atoms with Crippen molar-refractivity contribution in [2.45, 2.75) is 33.6 Å². The molecule has 3 aromatic carbocycles. The molecule has 3 heterocycles. The van der Waals surface area contributed by atoms with E-state index in [1.54, 1.807) is 0 Å². The molecule has 2 nitrogen and oxygen atoms in total. The molecule has 0 N–H and O–H groups in total. The summed E-state index contributed by atoms with van der Waals surface area (Å²) in [6, 6.07) is 20.1. The lowest BCUT2D eigenvalue weighted by atomic mass is 9.89. The van der Waals surface area contributed by atoms with Gasteiger partial charge in [-0.15, -0.1) is 0 Å². The number of imidazole rings is 1. The lowest BCUT2D eigenvalue weighted by Gasteiger charge is -2.21. The van der Waals surface area contributed by atoms with Crippen molar-refractivity contribution in [2.75, 3.05) is 0 Å². The molecule has 0 radical (unpaired) electrons. The van der Waals surface area contributed by atoms with Gasteiger partial charge in [-0.2, -0.15) is 0 Å². The largest absolute Gasteiger partial charge is 0.296 e. The summed E-state index contributed by atoms with van der Waals surface area (Å²) in [5, 5.41) is 3.89. The molecule has 28 heavy (non-hydrogen) atoms.